The zero-order valence-electron chi connectivity index (χ0n) is 27.1. The lowest BCUT2D eigenvalue weighted by molar-refractivity contribution is -0.253. The number of ether oxygens (including phenoxy) is 2. The minimum atomic E-state index is -0.983. The van der Waals surface area contributed by atoms with Crippen LogP contribution in [0.3, 0.4) is 0 Å². The van der Waals surface area contributed by atoms with E-state index in [2.05, 4.69) is 45.4 Å². The lowest BCUT2D eigenvalue weighted by atomic mass is 9.98. The molecular formula is C38H47N3O6. The number of carboxylic acid groups (broad SMARTS) is 1. The second kappa shape index (κ2) is 16.0. The highest BCUT2D eigenvalue weighted by Gasteiger charge is 2.36. The van der Waals surface area contributed by atoms with Crippen molar-refractivity contribution >= 4 is 11.9 Å². The monoisotopic (exact) mass is 641 g/mol. The molecule has 0 saturated carbocycles. The summed E-state index contributed by atoms with van der Waals surface area (Å²) < 4.78 is 13.4. The first-order chi connectivity index (χ1) is 22.9. The van der Waals surface area contributed by atoms with Gasteiger partial charge >= 0.3 is 5.97 Å². The van der Waals surface area contributed by atoms with Crippen LogP contribution in [0.15, 0.2) is 72.8 Å². The van der Waals surface area contributed by atoms with E-state index < -0.39 is 12.3 Å². The lowest BCUT2D eigenvalue weighted by Gasteiger charge is -2.39. The lowest BCUT2D eigenvalue weighted by Crippen LogP contribution is -2.45. The third-order valence-corrected chi connectivity index (χ3v) is 9.69. The maximum atomic E-state index is 12.1. The van der Waals surface area contributed by atoms with Crippen LogP contribution in [0.1, 0.15) is 79.6 Å². The summed E-state index contributed by atoms with van der Waals surface area (Å²) in [6.45, 7) is 5.90. The molecule has 0 spiro atoms. The van der Waals surface area contributed by atoms with Gasteiger partial charge in [-0.1, -0.05) is 60.7 Å². The number of likely N-dealkylation sites (tertiary alicyclic amines) is 2. The van der Waals surface area contributed by atoms with Gasteiger partial charge in [0.05, 0.1) is 25.2 Å². The van der Waals surface area contributed by atoms with Gasteiger partial charge in [-0.2, -0.15) is 0 Å². The number of carboxylic acids is 1. The molecule has 9 nitrogen and oxygen atoms in total. The van der Waals surface area contributed by atoms with Crippen molar-refractivity contribution < 1.29 is 29.3 Å². The van der Waals surface area contributed by atoms with E-state index in [0.29, 0.717) is 12.6 Å². The summed E-state index contributed by atoms with van der Waals surface area (Å²) in [5, 5.41) is 21.3. The highest BCUT2D eigenvalue weighted by Crippen LogP contribution is 2.39. The molecule has 6 rings (SSSR count). The predicted octanol–water partition coefficient (Wildman–Crippen LogP) is 5.43. The van der Waals surface area contributed by atoms with Crippen molar-refractivity contribution in [3.63, 3.8) is 0 Å². The number of nitrogens with zero attached hydrogens (tertiary/aromatic N) is 2. The molecule has 0 bridgehead atoms. The average molecular weight is 642 g/mol. The molecule has 0 radical (unpaired) electrons. The third-order valence-electron chi connectivity index (χ3n) is 9.69. The normalized spacial score (nSPS) is 23.6. The highest BCUT2D eigenvalue weighted by atomic mass is 16.7. The molecule has 0 unspecified atom stereocenters. The smallest absolute Gasteiger partial charge is 0.303 e. The average Bonchev–Trinajstić information content (AvgIpc) is 3.79. The molecule has 4 atom stereocenters. The van der Waals surface area contributed by atoms with E-state index >= 15 is 0 Å². The van der Waals surface area contributed by atoms with E-state index in [0.717, 1.165) is 59.4 Å². The molecule has 3 aliphatic rings. The number of aliphatic hydroxyl groups excluding tert-OH is 1. The quantitative estimate of drug-likeness (QED) is 0.227. The first kappa shape index (κ1) is 33.3. The number of carbonyl (C=O) groups excluding carboxylic acids is 1. The van der Waals surface area contributed by atoms with Crippen molar-refractivity contribution in [2.75, 3.05) is 32.7 Å². The summed E-state index contributed by atoms with van der Waals surface area (Å²) in [4.78, 5) is 28.1. The summed E-state index contributed by atoms with van der Waals surface area (Å²) in [5.41, 5.74) is 5.88. The van der Waals surface area contributed by atoms with E-state index in [9.17, 15) is 14.7 Å². The Morgan fingerprint density at radius 2 is 1.57 bits per heavy atom. The van der Waals surface area contributed by atoms with Crippen LogP contribution in [-0.2, 0) is 32.2 Å². The van der Waals surface area contributed by atoms with Gasteiger partial charge in [0.2, 0.25) is 5.91 Å². The zero-order valence-corrected chi connectivity index (χ0v) is 27.1. The van der Waals surface area contributed by atoms with E-state index in [-0.39, 0.29) is 37.6 Å². The second-order valence-corrected chi connectivity index (χ2v) is 13.1. The first-order valence-corrected chi connectivity index (χ1v) is 17.1. The fourth-order valence-electron chi connectivity index (χ4n) is 7.14. The van der Waals surface area contributed by atoms with Gasteiger partial charge in [-0.3, -0.25) is 14.5 Å². The van der Waals surface area contributed by atoms with Gasteiger partial charge in [0, 0.05) is 44.1 Å². The van der Waals surface area contributed by atoms with Crippen molar-refractivity contribution in [2.45, 2.75) is 82.6 Å². The molecule has 9 heteroatoms. The highest BCUT2D eigenvalue weighted by molar-refractivity contribution is 5.80. The maximum absolute atomic E-state index is 12.1. The molecule has 47 heavy (non-hydrogen) atoms. The number of benzene rings is 3. The number of hydrogen-bond donors (Lipinski definition) is 3. The van der Waals surface area contributed by atoms with Crippen LogP contribution >= 0.6 is 0 Å². The van der Waals surface area contributed by atoms with Crippen LogP contribution < -0.4 is 5.32 Å². The van der Waals surface area contributed by atoms with Crippen LogP contribution in [0.25, 0.3) is 11.1 Å². The Hall–Kier alpha value is -3.60. The molecule has 0 aliphatic carbocycles. The molecule has 3 fully saturated rings. The Morgan fingerprint density at radius 1 is 0.809 bits per heavy atom. The molecule has 3 aromatic carbocycles. The number of aliphatic carboxylic acids is 1. The minimum absolute atomic E-state index is 0.00664. The van der Waals surface area contributed by atoms with Crippen LogP contribution in [0.5, 0.6) is 0 Å². The Balaban J connectivity index is 1.18. The molecule has 3 aromatic rings. The molecular weight excluding hydrogens is 594 g/mol. The number of rotatable bonds is 13. The van der Waals surface area contributed by atoms with Gasteiger partial charge in [-0.05, 0) is 85.3 Å². The van der Waals surface area contributed by atoms with Gasteiger partial charge in [-0.25, -0.2) is 0 Å². The van der Waals surface area contributed by atoms with Crippen molar-refractivity contribution in [1.82, 2.24) is 15.1 Å². The molecule has 250 valence electrons. The SMILES string of the molecule is O=C(O)CCC(=O)NCc1cccc(-c2cccc([C@@H]3O[C@H](CN4CCC[C@H]4CN4CCCC4)C[C@H](c4ccc(CO)cc4)O3)c2)c1. The van der Waals surface area contributed by atoms with E-state index in [4.69, 9.17) is 14.6 Å². The second-order valence-electron chi connectivity index (χ2n) is 13.1. The molecule has 3 N–H and O–H groups in total. The maximum Gasteiger partial charge on any atom is 0.303 e. The summed E-state index contributed by atoms with van der Waals surface area (Å²) in [6, 6.07) is 24.9. The number of nitrogens with one attached hydrogen (secondary N) is 1. The van der Waals surface area contributed by atoms with Crippen molar-refractivity contribution in [2.24, 2.45) is 0 Å². The number of carbonyl (C=O) groups is 2. The number of hydrogen-bond acceptors (Lipinski definition) is 7. The van der Waals surface area contributed by atoms with E-state index in [1.54, 1.807) is 0 Å². The zero-order chi connectivity index (χ0) is 32.6. The van der Waals surface area contributed by atoms with Gasteiger partial charge < -0.3 is 29.9 Å². The van der Waals surface area contributed by atoms with E-state index in [1.807, 2.05) is 42.5 Å². The Morgan fingerprint density at radius 3 is 2.34 bits per heavy atom. The third kappa shape index (κ3) is 9.06. The Kier molecular flexibility index (Phi) is 11.3. The number of aliphatic hydroxyl groups is 1. The number of amides is 1. The fourth-order valence-corrected chi connectivity index (χ4v) is 7.14. The van der Waals surface area contributed by atoms with Gasteiger partial charge in [0.1, 0.15) is 0 Å². The summed E-state index contributed by atoms with van der Waals surface area (Å²) in [6.07, 6.45) is 4.96. The van der Waals surface area contributed by atoms with Gasteiger partial charge in [0.15, 0.2) is 6.29 Å². The fraction of sp³-hybridized carbons (Fsp3) is 0.474. The predicted molar refractivity (Wildman–Crippen MR) is 179 cm³/mol. The standard InChI is InChI=1S/C38H47N3O6/c42-26-27-11-13-29(14-12-27)35-22-34(25-41-19-5-10-33(41)24-40-17-1-2-18-40)46-38(47-35)32-9-4-8-31(21-32)30-7-3-6-28(20-30)23-39-36(43)15-16-37(44)45/h3-4,6-9,11-14,20-21,33-35,38,42H,1-2,5,10,15-19,22-26H2,(H,39,43)(H,44,45)/t33-,34-,35+,38+/m0/s1. The minimum Gasteiger partial charge on any atom is -0.481 e. The Bertz CT molecular complexity index is 1490. The molecule has 1 amide bonds. The summed E-state index contributed by atoms with van der Waals surface area (Å²) in [7, 11) is 0. The van der Waals surface area contributed by atoms with Crippen LogP contribution in [0, 0.1) is 0 Å². The van der Waals surface area contributed by atoms with Gasteiger partial charge in [0.25, 0.3) is 0 Å². The van der Waals surface area contributed by atoms with Crippen molar-refractivity contribution in [3.05, 3.63) is 95.1 Å². The van der Waals surface area contributed by atoms with Crippen LogP contribution in [0.2, 0.25) is 0 Å². The van der Waals surface area contributed by atoms with Gasteiger partial charge in [-0.15, -0.1) is 0 Å². The molecule has 3 saturated heterocycles. The van der Waals surface area contributed by atoms with Crippen molar-refractivity contribution in [3.8, 4) is 11.1 Å². The summed E-state index contributed by atoms with van der Waals surface area (Å²) in [5.74, 6) is -1.26. The molecule has 0 aromatic heterocycles. The first-order valence-electron chi connectivity index (χ1n) is 17.1. The van der Waals surface area contributed by atoms with Crippen LogP contribution in [-0.4, -0.2) is 76.8 Å². The van der Waals surface area contributed by atoms with Crippen molar-refractivity contribution in [1.29, 1.82) is 0 Å². The van der Waals surface area contributed by atoms with Crippen LogP contribution in [0.4, 0.5) is 0 Å². The Labute approximate surface area is 277 Å². The largest absolute Gasteiger partial charge is 0.481 e. The summed E-state index contributed by atoms with van der Waals surface area (Å²) >= 11 is 0. The molecule has 3 heterocycles. The topological polar surface area (TPSA) is 112 Å². The molecule has 3 aliphatic heterocycles. The van der Waals surface area contributed by atoms with E-state index in [1.165, 1.54) is 38.8 Å².